The molecule has 70 valence electrons. The van der Waals surface area contributed by atoms with Gasteiger partial charge in [-0.15, -0.1) is 0 Å². The number of rotatable bonds is 3. The summed E-state index contributed by atoms with van der Waals surface area (Å²) in [6.07, 6.45) is 3.28. The smallest absolute Gasteiger partial charge is 0.178 e. The fraction of sp³-hybridized carbons (Fsp3) is 0.400. The number of hydrogen-bond donors (Lipinski definition) is 1. The van der Waals surface area contributed by atoms with E-state index in [1.165, 1.54) is 0 Å². The first kappa shape index (κ1) is 9.86. The van der Waals surface area contributed by atoms with E-state index in [2.05, 4.69) is 4.98 Å². The molecule has 0 saturated heterocycles. The zero-order chi connectivity index (χ0) is 9.84. The van der Waals surface area contributed by atoms with Crippen LogP contribution in [0, 0.1) is 0 Å². The first-order valence-electron chi connectivity index (χ1n) is 4.34. The molecule has 1 rings (SSSR count). The van der Waals surface area contributed by atoms with Crippen LogP contribution in [0.3, 0.4) is 0 Å². The van der Waals surface area contributed by atoms with E-state index in [-0.39, 0.29) is 12.3 Å². The number of Topliss-reactive ketones (excluding diaryl/α,β-unsaturated/α-hetero) is 1. The molecule has 1 aromatic rings. The molecule has 3 nitrogen and oxygen atoms in total. The van der Waals surface area contributed by atoms with Gasteiger partial charge in [-0.25, -0.2) is 0 Å². The van der Waals surface area contributed by atoms with E-state index in [1.54, 1.807) is 12.4 Å². The fourth-order valence-corrected chi connectivity index (χ4v) is 1.25. The van der Waals surface area contributed by atoms with Crippen LogP contribution < -0.4 is 5.73 Å². The lowest BCUT2D eigenvalue weighted by Gasteiger charge is -2.09. The maximum absolute atomic E-state index is 11.4. The molecule has 1 aromatic heterocycles. The number of ketones is 1. The highest BCUT2D eigenvalue weighted by atomic mass is 16.1. The minimum absolute atomic E-state index is 0.0446. The Morgan fingerprint density at radius 3 is 2.85 bits per heavy atom. The molecule has 0 aliphatic rings. The van der Waals surface area contributed by atoms with E-state index in [4.69, 9.17) is 5.73 Å². The van der Waals surface area contributed by atoms with Gasteiger partial charge in [-0.1, -0.05) is 13.8 Å². The van der Waals surface area contributed by atoms with Gasteiger partial charge in [0.25, 0.3) is 0 Å². The lowest BCUT2D eigenvalue weighted by molar-refractivity contribution is 0.1000. The third-order valence-electron chi connectivity index (χ3n) is 1.96. The minimum atomic E-state index is -0.0446. The predicted molar refractivity (Wildman–Crippen MR) is 51.7 cm³/mol. The van der Waals surface area contributed by atoms with Crippen LogP contribution in [0.4, 0.5) is 0 Å². The molecule has 13 heavy (non-hydrogen) atoms. The lowest BCUT2D eigenvalue weighted by atomic mass is 9.97. The fourth-order valence-electron chi connectivity index (χ4n) is 1.25. The first-order chi connectivity index (χ1) is 6.16. The first-order valence-corrected chi connectivity index (χ1v) is 4.34. The van der Waals surface area contributed by atoms with Gasteiger partial charge >= 0.3 is 0 Å². The van der Waals surface area contributed by atoms with Crippen LogP contribution >= 0.6 is 0 Å². The summed E-state index contributed by atoms with van der Waals surface area (Å²) in [4.78, 5) is 15.3. The minimum Gasteiger partial charge on any atom is -0.324 e. The molecule has 0 bridgehead atoms. The Morgan fingerprint density at radius 2 is 2.31 bits per heavy atom. The van der Waals surface area contributed by atoms with Crippen LogP contribution in [0.1, 0.15) is 35.7 Å². The Morgan fingerprint density at radius 1 is 1.62 bits per heavy atom. The predicted octanol–water partition coefficient (Wildman–Crippen LogP) is 1.35. The molecular weight excluding hydrogens is 164 g/mol. The summed E-state index contributed by atoms with van der Waals surface area (Å²) in [6, 6.07) is 1.87. The van der Waals surface area contributed by atoms with Crippen LogP contribution in [0.25, 0.3) is 0 Å². The van der Waals surface area contributed by atoms with Gasteiger partial charge in [-0.2, -0.15) is 0 Å². The Hall–Kier alpha value is -1.22. The van der Waals surface area contributed by atoms with Crippen molar-refractivity contribution >= 4 is 5.78 Å². The monoisotopic (exact) mass is 178 g/mol. The molecule has 0 fully saturated rings. The molecule has 2 N–H and O–H groups in total. The number of carbonyl (C=O) groups is 1. The number of pyridine rings is 1. The van der Waals surface area contributed by atoms with Crippen molar-refractivity contribution in [2.45, 2.75) is 19.8 Å². The van der Waals surface area contributed by atoms with Crippen molar-refractivity contribution in [3.8, 4) is 0 Å². The van der Waals surface area contributed by atoms with Gasteiger partial charge in [0.1, 0.15) is 0 Å². The molecule has 0 spiro atoms. The van der Waals surface area contributed by atoms with Crippen molar-refractivity contribution in [2.24, 2.45) is 5.73 Å². The Labute approximate surface area is 78.0 Å². The van der Waals surface area contributed by atoms with E-state index >= 15 is 0 Å². The summed E-state index contributed by atoms with van der Waals surface area (Å²) < 4.78 is 0. The summed E-state index contributed by atoms with van der Waals surface area (Å²) >= 11 is 0. The molecule has 0 aliphatic heterocycles. The zero-order valence-electron chi connectivity index (χ0n) is 7.95. The molecule has 0 aromatic carbocycles. The summed E-state index contributed by atoms with van der Waals surface area (Å²) in [6.45, 7) is 4.14. The van der Waals surface area contributed by atoms with E-state index in [0.29, 0.717) is 11.5 Å². The topological polar surface area (TPSA) is 56.0 Å². The van der Waals surface area contributed by atoms with Crippen LogP contribution in [-0.4, -0.2) is 17.3 Å². The van der Waals surface area contributed by atoms with Crippen molar-refractivity contribution in [2.75, 3.05) is 6.54 Å². The lowest BCUT2D eigenvalue weighted by Crippen LogP contribution is -2.16. The number of aromatic nitrogens is 1. The quantitative estimate of drug-likeness (QED) is 0.711. The van der Waals surface area contributed by atoms with Crippen molar-refractivity contribution in [3.63, 3.8) is 0 Å². The SMILES string of the molecule is CC(C)c1ccncc1C(=O)CN. The second kappa shape index (κ2) is 4.14. The third-order valence-corrected chi connectivity index (χ3v) is 1.96. The maximum atomic E-state index is 11.4. The van der Waals surface area contributed by atoms with Crippen molar-refractivity contribution < 1.29 is 4.79 Å². The Balaban J connectivity index is 3.12. The number of nitrogens with two attached hydrogens (primary N) is 1. The number of nitrogens with zero attached hydrogens (tertiary/aromatic N) is 1. The highest BCUT2D eigenvalue weighted by Crippen LogP contribution is 2.17. The summed E-state index contributed by atoms with van der Waals surface area (Å²) in [5.41, 5.74) is 6.97. The number of carbonyl (C=O) groups excluding carboxylic acids is 1. The van der Waals surface area contributed by atoms with Crippen LogP contribution in [0.2, 0.25) is 0 Å². The number of hydrogen-bond acceptors (Lipinski definition) is 3. The molecule has 0 radical (unpaired) electrons. The maximum Gasteiger partial charge on any atom is 0.178 e. The van der Waals surface area contributed by atoms with E-state index < -0.39 is 0 Å². The van der Waals surface area contributed by atoms with Crippen molar-refractivity contribution in [1.82, 2.24) is 4.98 Å². The van der Waals surface area contributed by atoms with Gasteiger partial charge in [0.15, 0.2) is 5.78 Å². The molecule has 0 aliphatic carbocycles. The van der Waals surface area contributed by atoms with Gasteiger partial charge in [0, 0.05) is 18.0 Å². The van der Waals surface area contributed by atoms with Crippen molar-refractivity contribution in [1.29, 1.82) is 0 Å². The van der Waals surface area contributed by atoms with Gasteiger partial charge in [0.2, 0.25) is 0 Å². The summed E-state index contributed by atoms with van der Waals surface area (Å²) in [7, 11) is 0. The van der Waals surface area contributed by atoms with Crippen LogP contribution in [0.5, 0.6) is 0 Å². The molecule has 0 saturated carbocycles. The van der Waals surface area contributed by atoms with Crippen LogP contribution in [0.15, 0.2) is 18.5 Å². The molecule has 1 heterocycles. The second-order valence-corrected chi connectivity index (χ2v) is 3.24. The average Bonchev–Trinajstić information content (AvgIpc) is 2.16. The van der Waals surface area contributed by atoms with E-state index in [0.717, 1.165) is 5.56 Å². The summed E-state index contributed by atoms with van der Waals surface area (Å²) in [5.74, 6) is 0.283. The van der Waals surface area contributed by atoms with E-state index in [1.807, 2.05) is 19.9 Å². The molecule has 0 atom stereocenters. The van der Waals surface area contributed by atoms with Gasteiger partial charge in [-0.05, 0) is 17.5 Å². The van der Waals surface area contributed by atoms with Gasteiger partial charge in [-0.3, -0.25) is 9.78 Å². The third kappa shape index (κ3) is 2.12. The Kier molecular flexibility index (Phi) is 3.14. The second-order valence-electron chi connectivity index (χ2n) is 3.24. The zero-order valence-corrected chi connectivity index (χ0v) is 7.95. The highest BCUT2D eigenvalue weighted by Gasteiger charge is 2.11. The largest absolute Gasteiger partial charge is 0.324 e. The Bertz CT molecular complexity index is 308. The standard InChI is InChI=1S/C10H14N2O/c1-7(2)8-3-4-12-6-9(8)10(13)5-11/h3-4,6-7H,5,11H2,1-2H3. The summed E-state index contributed by atoms with van der Waals surface area (Å²) in [5, 5.41) is 0. The van der Waals surface area contributed by atoms with Gasteiger partial charge in [0.05, 0.1) is 6.54 Å². The molecule has 0 amide bonds. The molecule has 0 unspecified atom stereocenters. The van der Waals surface area contributed by atoms with E-state index in [9.17, 15) is 4.79 Å². The van der Waals surface area contributed by atoms with Crippen LogP contribution in [-0.2, 0) is 0 Å². The normalized spacial score (nSPS) is 10.5. The molecule has 3 heteroatoms. The highest BCUT2D eigenvalue weighted by molar-refractivity contribution is 5.98. The average molecular weight is 178 g/mol. The van der Waals surface area contributed by atoms with Crippen molar-refractivity contribution in [3.05, 3.63) is 29.6 Å². The molecular formula is C10H14N2O. The van der Waals surface area contributed by atoms with Gasteiger partial charge < -0.3 is 5.73 Å².